The number of rotatable bonds is 12. The molecule has 0 bridgehead atoms. The van der Waals surface area contributed by atoms with Crippen molar-refractivity contribution in [2.75, 3.05) is 0 Å². The molecule has 0 spiro atoms. The number of hydrogen-bond donors (Lipinski definition) is 0. The van der Waals surface area contributed by atoms with Gasteiger partial charge in [-0.05, 0) is 186 Å². The van der Waals surface area contributed by atoms with E-state index in [0.29, 0.717) is 0 Å². The second-order valence-electron chi connectivity index (χ2n) is 35.0. The number of hydrogen-bond acceptors (Lipinski definition) is 3. The van der Waals surface area contributed by atoms with Gasteiger partial charge in [-0.2, -0.15) is 0 Å². The molecule has 107 heavy (non-hydrogen) atoms. The molecule has 0 saturated heterocycles. The van der Waals surface area contributed by atoms with Crippen molar-refractivity contribution >= 4 is 0 Å². The van der Waals surface area contributed by atoms with Gasteiger partial charge in [0.25, 0.3) is 0 Å². The number of aromatic nitrogens is 3. The van der Waals surface area contributed by atoms with Crippen molar-refractivity contribution < 1.29 is 20.1 Å². The minimum absolute atomic E-state index is 0. The largest absolute Gasteiger partial charge is 0.358 e. The van der Waals surface area contributed by atoms with E-state index < -0.39 is 0 Å². The fourth-order valence-electron chi connectivity index (χ4n) is 18.6. The molecule has 539 valence electrons. The van der Waals surface area contributed by atoms with E-state index in [1.165, 1.54) is 50.1 Å². The zero-order valence-electron chi connectivity index (χ0n) is 65.9. The van der Waals surface area contributed by atoms with E-state index in [4.69, 9.17) is 15.0 Å². The Kier molecular flexibility index (Phi) is 18.2. The third-order valence-electron chi connectivity index (χ3n) is 28.6. The summed E-state index contributed by atoms with van der Waals surface area (Å²) < 4.78 is 0. The van der Waals surface area contributed by atoms with Crippen molar-refractivity contribution in [3.8, 4) is 134 Å². The van der Waals surface area contributed by atoms with Crippen molar-refractivity contribution in [3.05, 3.63) is 314 Å². The van der Waals surface area contributed by atoms with Gasteiger partial charge in [0.1, 0.15) is 0 Å². The molecule has 4 heteroatoms. The van der Waals surface area contributed by atoms with E-state index in [1.54, 1.807) is 0 Å². The standard InChI is InChI=1S/C102H96N3.CH3.Ir/c1-94(2)85-49-43-64(61-88(85)97(7,8)100(94,13)14)82-58-67(91-37-25-28-52-103-91)40-46-79(82)76-34-22-19-31-73(76)70-55-71(74-32-20-23-35-77(74)80-47-41-68(92-38-26-29-53-104-92)59-83(80)65-44-50-86-89(62-65)98(9,10)101(15,16)95(86,3)4)57-72(56-70)75-33-21-24-36-78(75)81-48-42-69(93-39-27-30-54-105-93)60-84(81)66-45-51-87-90(63-66)99(11,12)102(17,18)96(87,5)6;;/h19-39,43-63H,1-18H3;1H3;/q-3;-1;. The Labute approximate surface area is 651 Å². The number of benzene rings is 10. The van der Waals surface area contributed by atoms with Crippen molar-refractivity contribution in [2.45, 2.75) is 157 Å². The van der Waals surface area contributed by atoms with Gasteiger partial charge in [-0.3, -0.25) is 0 Å². The Bertz CT molecular complexity index is 5060. The molecular weight excluding hydrogens is 1470 g/mol. The van der Waals surface area contributed by atoms with Gasteiger partial charge in [0.2, 0.25) is 0 Å². The minimum atomic E-state index is -0.104. The molecule has 0 saturated carbocycles. The molecule has 3 aliphatic rings. The Balaban J connectivity index is 0.00000480. The van der Waals surface area contributed by atoms with E-state index in [2.05, 4.69) is 361 Å². The van der Waals surface area contributed by atoms with Gasteiger partial charge in [-0.1, -0.05) is 338 Å². The van der Waals surface area contributed by atoms with Crippen LogP contribution in [-0.2, 0) is 52.6 Å². The third kappa shape index (κ3) is 11.3. The van der Waals surface area contributed by atoms with Crippen LogP contribution in [0.25, 0.3) is 134 Å². The summed E-state index contributed by atoms with van der Waals surface area (Å²) in [5, 5.41) is 0. The van der Waals surface area contributed by atoms with Crippen LogP contribution in [0.5, 0.6) is 0 Å². The Morgan fingerprint density at radius 1 is 0.215 bits per heavy atom. The van der Waals surface area contributed by atoms with Crippen LogP contribution < -0.4 is 0 Å². The molecule has 3 aromatic heterocycles. The third-order valence-corrected chi connectivity index (χ3v) is 28.6. The quantitative estimate of drug-likeness (QED) is 0.114. The molecule has 0 fully saturated rings. The molecule has 0 unspecified atom stereocenters. The first kappa shape index (κ1) is 74.2. The van der Waals surface area contributed by atoms with E-state index in [9.17, 15) is 0 Å². The van der Waals surface area contributed by atoms with Gasteiger partial charge in [0.15, 0.2) is 0 Å². The van der Waals surface area contributed by atoms with Crippen LogP contribution in [0, 0.1) is 41.9 Å². The molecule has 0 amide bonds. The van der Waals surface area contributed by atoms with Gasteiger partial charge >= 0.3 is 0 Å². The van der Waals surface area contributed by atoms with Crippen LogP contribution >= 0.6 is 0 Å². The summed E-state index contributed by atoms with van der Waals surface area (Å²) in [5.41, 5.74) is 33.6. The van der Waals surface area contributed by atoms with E-state index in [-0.39, 0.29) is 76.3 Å². The first-order chi connectivity index (χ1) is 49.9. The summed E-state index contributed by atoms with van der Waals surface area (Å²) >= 11 is 0. The first-order valence-electron chi connectivity index (χ1n) is 37.7. The zero-order chi connectivity index (χ0) is 73.8. The monoisotopic (exact) mass is 1570 g/mol. The maximum Gasteiger partial charge on any atom is 0.0160 e. The zero-order valence-corrected chi connectivity index (χ0v) is 68.3. The van der Waals surface area contributed by atoms with Crippen LogP contribution in [-0.4, -0.2) is 15.0 Å². The summed E-state index contributed by atoms with van der Waals surface area (Å²) in [6.07, 6.45) is 5.64. The van der Waals surface area contributed by atoms with Crippen molar-refractivity contribution in [1.82, 2.24) is 15.0 Å². The first-order valence-corrected chi connectivity index (χ1v) is 37.7. The molecule has 3 heterocycles. The van der Waals surface area contributed by atoms with Crippen LogP contribution in [0.1, 0.15) is 158 Å². The smallest absolute Gasteiger partial charge is 0.0160 e. The Morgan fingerprint density at radius 3 is 0.692 bits per heavy atom. The number of fused-ring (bicyclic) bond motifs is 3. The van der Waals surface area contributed by atoms with Crippen LogP contribution in [0.2, 0.25) is 0 Å². The second kappa shape index (κ2) is 26.3. The Morgan fingerprint density at radius 2 is 0.449 bits per heavy atom. The molecule has 13 aromatic rings. The average Bonchev–Trinajstić information content (AvgIpc) is 1.55. The molecule has 0 atom stereocenters. The molecule has 10 aromatic carbocycles. The molecular formula is C103H99IrN3-4. The SMILES string of the molecule is CC1(C)c2ccc(-c3cc(-c4ccccn4)[c-]cc3-c3ccccc3-c3cc(-c4ccccc4-c4c[c-]c(-c5ccccn5)cc4-c4ccc5c(c4)C(C)(C)C(C)(C)C5(C)C)cc(-c4ccccc4-c4c[c-]c(-c5ccccn5)cc4-c4ccc5c(c4)C(C)(C)C(C)(C)C5(C)C)c3)cc2C(C)(C)C1(C)C.[CH3-].[Ir]. The van der Waals surface area contributed by atoms with Crippen LogP contribution in [0.15, 0.2) is 255 Å². The van der Waals surface area contributed by atoms with Crippen LogP contribution in [0.4, 0.5) is 0 Å². The van der Waals surface area contributed by atoms with E-state index >= 15 is 0 Å². The summed E-state index contributed by atoms with van der Waals surface area (Å²) in [4.78, 5) is 14.7. The van der Waals surface area contributed by atoms with E-state index in [0.717, 1.165) is 117 Å². The summed E-state index contributed by atoms with van der Waals surface area (Å²) in [7, 11) is 0. The average molecular weight is 1570 g/mol. The van der Waals surface area contributed by atoms with E-state index in [1.807, 2.05) is 36.8 Å². The predicted octanol–water partition coefficient (Wildman–Crippen LogP) is 27.5. The second-order valence-corrected chi connectivity index (χ2v) is 35.0. The van der Waals surface area contributed by atoms with Crippen molar-refractivity contribution in [1.29, 1.82) is 0 Å². The van der Waals surface area contributed by atoms with Gasteiger partial charge in [0, 0.05) is 38.7 Å². The maximum atomic E-state index is 4.90. The maximum absolute atomic E-state index is 4.90. The number of pyridine rings is 3. The normalized spacial score (nSPS) is 17.2. The molecule has 16 rings (SSSR count). The molecule has 0 N–H and O–H groups in total. The Hall–Kier alpha value is -9.70. The van der Waals surface area contributed by atoms with Gasteiger partial charge in [-0.15, -0.1) is 71.3 Å². The summed E-state index contributed by atoms with van der Waals surface area (Å²) in [5.74, 6) is 0. The molecule has 1 radical (unpaired) electrons. The van der Waals surface area contributed by atoms with Gasteiger partial charge in [-0.25, -0.2) is 0 Å². The fraction of sp³-hybridized carbons (Fsp3) is 0.262. The predicted molar refractivity (Wildman–Crippen MR) is 447 cm³/mol. The fourth-order valence-corrected chi connectivity index (χ4v) is 18.6. The molecule has 0 aliphatic heterocycles. The minimum Gasteiger partial charge on any atom is -0.358 e. The van der Waals surface area contributed by atoms with Gasteiger partial charge in [0.05, 0.1) is 0 Å². The molecule has 3 nitrogen and oxygen atoms in total. The van der Waals surface area contributed by atoms with Gasteiger partial charge < -0.3 is 22.4 Å². The molecule has 3 aliphatic carbocycles. The number of nitrogens with zero attached hydrogens (tertiary/aromatic N) is 3. The van der Waals surface area contributed by atoms with Crippen LogP contribution in [0.3, 0.4) is 0 Å². The van der Waals surface area contributed by atoms with Crippen molar-refractivity contribution in [3.63, 3.8) is 0 Å². The summed E-state index contributed by atoms with van der Waals surface area (Å²) in [6.45, 7) is 43.9. The van der Waals surface area contributed by atoms with Crippen molar-refractivity contribution in [2.24, 2.45) is 16.2 Å². The topological polar surface area (TPSA) is 38.7 Å². The summed E-state index contributed by atoms with van der Waals surface area (Å²) in [6, 6.07) is 99.9.